The van der Waals surface area contributed by atoms with E-state index in [2.05, 4.69) is 0 Å². The zero-order valence-electron chi connectivity index (χ0n) is 10.0. The molecule has 2 unspecified atom stereocenters. The summed E-state index contributed by atoms with van der Waals surface area (Å²) in [5, 5.41) is 7.54. The van der Waals surface area contributed by atoms with Crippen LogP contribution in [-0.2, 0) is 4.74 Å². The van der Waals surface area contributed by atoms with Gasteiger partial charge < -0.3 is 15.4 Å². The molecule has 0 bridgehead atoms. The van der Waals surface area contributed by atoms with E-state index < -0.39 is 5.60 Å². The van der Waals surface area contributed by atoms with Crippen molar-refractivity contribution in [2.45, 2.75) is 32.8 Å². The maximum absolute atomic E-state index is 11.8. The summed E-state index contributed by atoms with van der Waals surface area (Å²) in [7, 11) is 0. The molecular formula is C11H19N3O2. The Bertz CT molecular complexity index is 348. The summed E-state index contributed by atoms with van der Waals surface area (Å²) >= 11 is 0. The fraction of sp³-hybridized carbons (Fsp3) is 0.818. The molecule has 1 aliphatic heterocycles. The fourth-order valence-electron chi connectivity index (χ4n) is 2.37. The first-order valence-corrected chi connectivity index (χ1v) is 5.57. The molecule has 1 aliphatic carbocycles. The molecule has 1 saturated heterocycles. The molecule has 0 spiro atoms. The average Bonchev–Trinajstić information content (AvgIpc) is 2.67. The number of hydrogen-bond donors (Lipinski definition) is 2. The third kappa shape index (κ3) is 1.74. The summed E-state index contributed by atoms with van der Waals surface area (Å²) < 4.78 is 5.29. The molecular weight excluding hydrogens is 206 g/mol. The Morgan fingerprint density at radius 3 is 2.62 bits per heavy atom. The van der Waals surface area contributed by atoms with Crippen molar-refractivity contribution in [1.82, 2.24) is 4.90 Å². The highest BCUT2D eigenvalue weighted by Crippen LogP contribution is 2.57. The molecule has 2 fully saturated rings. The lowest BCUT2D eigenvalue weighted by molar-refractivity contribution is 0.0269. The number of amidine groups is 1. The van der Waals surface area contributed by atoms with Crippen LogP contribution < -0.4 is 5.73 Å². The van der Waals surface area contributed by atoms with Gasteiger partial charge in [0.25, 0.3) is 0 Å². The first kappa shape index (κ1) is 11.2. The zero-order valence-corrected chi connectivity index (χ0v) is 10.0. The normalized spacial score (nSPS) is 32.2. The van der Waals surface area contributed by atoms with Gasteiger partial charge in [0.05, 0.1) is 5.84 Å². The van der Waals surface area contributed by atoms with Crippen LogP contribution >= 0.6 is 0 Å². The van der Waals surface area contributed by atoms with E-state index in [1.165, 1.54) is 0 Å². The highest BCUT2D eigenvalue weighted by atomic mass is 16.6. The van der Waals surface area contributed by atoms with Gasteiger partial charge >= 0.3 is 6.09 Å². The maximum Gasteiger partial charge on any atom is 0.410 e. The summed E-state index contributed by atoms with van der Waals surface area (Å²) in [6.07, 6.45) is 0.655. The zero-order chi connectivity index (χ0) is 12.1. The van der Waals surface area contributed by atoms with Crippen molar-refractivity contribution in [1.29, 1.82) is 5.41 Å². The topological polar surface area (TPSA) is 79.4 Å². The van der Waals surface area contributed by atoms with E-state index in [0.29, 0.717) is 19.0 Å². The standard InChI is InChI=1S/C11H19N3O2/c1-10(2,3)16-9(15)14-5-7-4-11(7,6-14)8(12)13/h7H,4-6H2,1-3H3,(H3,12,13). The van der Waals surface area contributed by atoms with E-state index >= 15 is 0 Å². The summed E-state index contributed by atoms with van der Waals surface area (Å²) in [5.41, 5.74) is 4.88. The molecule has 3 N–H and O–H groups in total. The van der Waals surface area contributed by atoms with Crippen molar-refractivity contribution in [2.24, 2.45) is 17.1 Å². The number of hydrogen-bond acceptors (Lipinski definition) is 3. The second kappa shape index (κ2) is 3.12. The van der Waals surface area contributed by atoms with E-state index in [1.807, 2.05) is 20.8 Å². The largest absolute Gasteiger partial charge is 0.444 e. The first-order valence-electron chi connectivity index (χ1n) is 5.57. The van der Waals surface area contributed by atoms with E-state index in [4.69, 9.17) is 15.9 Å². The molecule has 0 radical (unpaired) electrons. The van der Waals surface area contributed by atoms with Crippen LogP contribution in [0, 0.1) is 16.7 Å². The Morgan fingerprint density at radius 2 is 2.19 bits per heavy atom. The monoisotopic (exact) mass is 225 g/mol. The number of nitrogens with one attached hydrogen (secondary N) is 1. The molecule has 5 heteroatoms. The predicted molar refractivity (Wildman–Crippen MR) is 60.3 cm³/mol. The van der Waals surface area contributed by atoms with Crippen LogP contribution in [0.1, 0.15) is 27.2 Å². The van der Waals surface area contributed by atoms with Gasteiger partial charge in [-0.25, -0.2) is 4.79 Å². The Kier molecular flexibility index (Phi) is 2.19. The van der Waals surface area contributed by atoms with Crippen LogP contribution in [0.4, 0.5) is 4.79 Å². The summed E-state index contributed by atoms with van der Waals surface area (Å²) in [6.45, 7) is 6.77. The predicted octanol–water partition coefficient (Wildman–Crippen LogP) is 1.18. The van der Waals surface area contributed by atoms with Gasteiger partial charge in [-0.1, -0.05) is 0 Å². The number of rotatable bonds is 1. The molecule has 1 amide bonds. The number of carbonyl (C=O) groups excluding carboxylic acids is 1. The number of likely N-dealkylation sites (tertiary alicyclic amines) is 1. The van der Waals surface area contributed by atoms with Crippen molar-refractivity contribution in [3.8, 4) is 0 Å². The van der Waals surface area contributed by atoms with E-state index in [9.17, 15) is 4.79 Å². The van der Waals surface area contributed by atoms with Crippen LogP contribution in [0.3, 0.4) is 0 Å². The molecule has 16 heavy (non-hydrogen) atoms. The second-order valence-corrected chi connectivity index (χ2v) is 5.83. The average molecular weight is 225 g/mol. The fourth-order valence-corrected chi connectivity index (χ4v) is 2.37. The van der Waals surface area contributed by atoms with Crippen molar-refractivity contribution in [3.63, 3.8) is 0 Å². The molecule has 2 atom stereocenters. The van der Waals surface area contributed by atoms with Crippen LogP contribution in [-0.4, -0.2) is 35.5 Å². The molecule has 1 heterocycles. The SMILES string of the molecule is CC(C)(C)OC(=O)N1CC2CC2(C(=N)N)C1. The number of piperidine rings is 1. The maximum atomic E-state index is 11.8. The molecule has 0 aromatic rings. The van der Waals surface area contributed by atoms with Gasteiger partial charge in [0.2, 0.25) is 0 Å². The van der Waals surface area contributed by atoms with Gasteiger partial charge in [-0.2, -0.15) is 0 Å². The number of ether oxygens (including phenoxy) is 1. The Morgan fingerprint density at radius 1 is 1.56 bits per heavy atom. The second-order valence-electron chi connectivity index (χ2n) is 5.83. The van der Waals surface area contributed by atoms with Gasteiger partial charge in [-0.05, 0) is 33.1 Å². The number of nitrogens with zero attached hydrogens (tertiary/aromatic N) is 1. The smallest absolute Gasteiger partial charge is 0.410 e. The van der Waals surface area contributed by atoms with E-state index in [0.717, 1.165) is 6.42 Å². The van der Waals surface area contributed by atoms with E-state index in [-0.39, 0.29) is 17.3 Å². The molecule has 90 valence electrons. The lowest BCUT2D eigenvalue weighted by Crippen LogP contribution is -2.39. The molecule has 1 saturated carbocycles. The van der Waals surface area contributed by atoms with Crippen molar-refractivity contribution in [2.75, 3.05) is 13.1 Å². The van der Waals surface area contributed by atoms with Gasteiger partial charge in [0.15, 0.2) is 0 Å². The van der Waals surface area contributed by atoms with Crippen LogP contribution in [0.2, 0.25) is 0 Å². The molecule has 0 aromatic carbocycles. The summed E-state index contributed by atoms with van der Waals surface area (Å²) in [5.74, 6) is 0.584. The van der Waals surface area contributed by atoms with Crippen LogP contribution in [0.5, 0.6) is 0 Å². The number of carbonyl (C=O) groups is 1. The van der Waals surface area contributed by atoms with Crippen molar-refractivity contribution < 1.29 is 9.53 Å². The Labute approximate surface area is 95.4 Å². The Balaban J connectivity index is 1.96. The lowest BCUT2D eigenvalue weighted by atomic mass is 10.1. The van der Waals surface area contributed by atoms with Crippen LogP contribution in [0.25, 0.3) is 0 Å². The van der Waals surface area contributed by atoms with Crippen LogP contribution in [0.15, 0.2) is 0 Å². The van der Waals surface area contributed by atoms with Gasteiger partial charge in [-0.3, -0.25) is 5.41 Å². The van der Waals surface area contributed by atoms with Gasteiger partial charge in [0, 0.05) is 18.5 Å². The third-order valence-electron chi connectivity index (χ3n) is 3.33. The Hall–Kier alpha value is -1.26. The number of amides is 1. The van der Waals surface area contributed by atoms with Gasteiger partial charge in [0.1, 0.15) is 5.60 Å². The molecule has 0 aromatic heterocycles. The molecule has 2 rings (SSSR count). The first-order chi connectivity index (χ1) is 7.24. The summed E-state index contributed by atoms with van der Waals surface area (Å²) in [6, 6.07) is 0. The van der Waals surface area contributed by atoms with E-state index in [1.54, 1.807) is 4.90 Å². The van der Waals surface area contributed by atoms with Crippen molar-refractivity contribution >= 4 is 11.9 Å². The number of fused-ring (bicyclic) bond motifs is 1. The summed E-state index contributed by atoms with van der Waals surface area (Å²) in [4.78, 5) is 13.5. The minimum atomic E-state index is -0.465. The molecule has 2 aliphatic rings. The highest BCUT2D eigenvalue weighted by molar-refractivity contribution is 5.88. The molecule has 5 nitrogen and oxygen atoms in total. The highest BCUT2D eigenvalue weighted by Gasteiger charge is 2.63. The minimum Gasteiger partial charge on any atom is -0.444 e. The lowest BCUT2D eigenvalue weighted by Gasteiger charge is -2.26. The minimum absolute atomic E-state index is 0.212. The quantitative estimate of drug-likeness (QED) is 0.519. The third-order valence-corrected chi connectivity index (χ3v) is 3.33. The number of nitrogens with two attached hydrogens (primary N) is 1. The van der Waals surface area contributed by atoms with Gasteiger partial charge in [-0.15, -0.1) is 0 Å². The van der Waals surface area contributed by atoms with Crippen molar-refractivity contribution in [3.05, 3.63) is 0 Å².